The quantitative estimate of drug-likeness (QED) is 0.746. The number of unbranched alkanes of at least 4 members (excludes halogenated alkanes) is 1. The molecular weight excluding hydrogens is 250 g/mol. The number of pyridine rings is 1. The van der Waals surface area contributed by atoms with E-state index < -0.39 is 0 Å². The fourth-order valence-electron chi connectivity index (χ4n) is 2.39. The molecule has 0 saturated carbocycles. The average molecular weight is 275 g/mol. The molecular formula is C16H25N3O. The van der Waals surface area contributed by atoms with Crippen molar-refractivity contribution in [3.8, 4) is 0 Å². The van der Waals surface area contributed by atoms with Crippen LogP contribution in [0.15, 0.2) is 36.7 Å². The zero-order chi connectivity index (χ0) is 14.2. The van der Waals surface area contributed by atoms with Gasteiger partial charge in [0, 0.05) is 32.0 Å². The predicted molar refractivity (Wildman–Crippen MR) is 81.2 cm³/mol. The van der Waals surface area contributed by atoms with Gasteiger partial charge in [-0.3, -0.25) is 9.82 Å². The standard InChI is InChI=1S/C16H25N3O/c1-3-4-5-6-12-20-19-11-10-18(2)14-16(19)15-8-7-9-17-13-15/h5-9,13,16H,3-4,10-12,14H2,1-2H3/b6-5+/t16-/m1/s1. The third-order valence-electron chi connectivity index (χ3n) is 3.56. The van der Waals surface area contributed by atoms with Crippen LogP contribution in [0.3, 0.4) is 0 Å². The van der Waals surface area contributed by atoms with Crippen LogP contribution in [0.5, 0.6) is 0 Å². The van der Waals surface area contributed by atoms with Crippen molar-refractivity contribution in [2.24, 2.45) is 0 Å². The number of likely N-dealkylation sites (N-methyl/N-ethyl adjacent to an activating group) is 1. The Morgan fingerprint density at radius 1 is 1.40 bits per heavy atom. The van der Waals surface area contributed by atoms with E-state index >= 15 is 0 Å². The molecule has 0 amide bonds. The highest BCUT2D eigenvalue weighted by molar-refractivity contribution is 5.14. The van der Waals surface area contributed by atoms with Crippen molar-refractivity contribution in [3.05, 3.63) is 42.2 Å². The number of rotatable bonds is 6. The second-order valence-electron chi connectivity index (χ2n) is 5.26. The smallest absolute Gasteiger partial charge is 0.0866 e. The highest BCUT2D eigenvalue weighted by atomic mass is 16.7. The van der Waals surface area contributed by atoms with Gasteiger partial charge in [-0.25, -0.2) is 0 Å². The van der Waals surface area contributed by atoms with Gasteiger partial charge in [-0.05, 0) is 25.1 Å². The lowest BCUT2D eigenvalue weighted by molar-refractivity contribution is -0.198. The van der Waals surface area contributed by atoms with E-state index in [1.54, 1.807) is 0 Å². The van der Waals surface area contributed by atoms with Crippen LogP contribution in [0.4, 0.5) is 0 Å². The minimum atomic E-state index is 0.266. The van der Waals surface area contributed by atoms with Crippen molar-refractivity contribution in [1.29, 1.82) is 0 Å². The molecule has 0 radical (unpaired) electrons. The molecule has 0 N–H and O–H groups in total. The third kappa shape index (κ3) is 4.40. The maximum atomic E-state index is 5.94. The van der Waals surface area contributed by atoms with Gasteiger partial charge in [0.15, 0.2) is 0 Å². The SMILES string of the molecule is CCC/C=C/CON1CCN(C)C[C@@H]1c1cccnc1. The van der Waals surface area contributed by atoms with Gasteiger partial charge >= 0.3 is 0 Å². The molecule has 1 atom stereocenters. The molecule has 1 aliphatic rings. The van der Waals surface area contributed by atoms with Gasteiger partial charge in [0.2, 0.25) is 0 Å². The van der Waals surface area contributed by atoms with Crippen LogP contribution in [0.25, 0.3) is 0 Å². The topological polar surface area (TPSA) is 28.6 Å². The number of nitrogens with zero attached hydrogens (tertiary/aromatic N) is 3. The van der Waals surface area contributed by atoms with Crippen LogP contribution in [-0.4, -0.2) is 48.2 Å². The van der Waals surface area contributed by atoms with Gasteiger partial charge in [-0.2, -0.15) is 5.06 Å². The Balaban J connectivity index is 1.94. The number of hydrogen-bond acceptors (Lipinski definition) is 4. The van der Waals surface area contributed by atoms with Crippen LogP contribution in [0.2, 0.25) is 0 Å². The van der Waals surface area contributed by atoms with E-state index in [0.717, 1.165) is 26.1 Å². The highest BCUT2D eigenvalue weighted by Gasteiger charge is 2.27. The molecule has 1 aromatic rings. The van der Waals surface area contributed by atoms with Gasteiger partial charge in [0.1, 0.15) is 0 Å². The summed E-state index contributed by atoms with van der Waals surface area (Å²) in [6, 6.07) is 4.38. The molecule has 20 heavy (non-hydrogen) atoms. The first-order chi connectivity index (χ1) is 9.81. The van der Waals surface area contributed by atoms with Gasteiger partial charge in [0.25, 0.3) is 0 Å². The molecule has 0 bridgehead atoms. The van der Waals surface area contributed by atoms with E-state index in [2.05, 4.69) is 47.1 Å². The molecule has 1 aliphatic heterocycles. The summed E-state index contributed by atoms with van der Waals surface area (Å²) in [7, 11) is 2.15. The lowest BCUT2D eigenvalue weighted by Crippen LogP contribution is -2.46. The highest BCUT2D eigenvalue weighted by Crippen LogP contribution is 2.24. The van der Waals surface area contributed by atoms with Gasteiger partial charge < -0.3 is 4.90 Å². The van der Waals surface area contributed by atoms with E-state index in [-0.39, 0.29) is 6.04 Å². The summed E-state index contributed by atoms with van der Waals surface area (Å²) in [5.41, 5.74) is 1.22. The van der Waals surface area contributed by atoms with Gasteiger partial charge in [-0.15, -0.1) is 0 Å². The number of hydrogen-bond donors (Lipinski definition) is 0. The lowest BCUT2D eigenvalue weighted by atomic mass is 10.1. The van der Waals surface area contributed by atoms with Crippen LogP contribution in [0, 0.1) is 0 Å². The molecule has 1 aromatic heterocycles. The molecule has 1 fully saturated rings. The Kier molecular flexibility index (Phi) is 6.18. The molecule has 0 aliphatic carbocycles. The number of piperazine rings is 1. The monoisotopic (exact) mass is 275 g/mol. The first-order valence-corrected chi connectivity index (χ1v) is 7.44. The predicted octanol–water partition coefficient (Wildman–Crippen LogP) is 2.66. The Bertz CT molecular complexity index is 407. The summed E-state index contributed by atoms with van der Waals surface area (Å²) in [6.45, 7) is 5.78. The minimum Gasteiger partial charge on any atom is -0.303 e. The van der Waals surface area contributed by atoms with Crippen molar-refractivity contribution in [2.75, 3.05) is 33.3 Å². The van der Waals surface area contributed by atoms with E-state index in [9.17, 15) is 0 Å². The van der Waals surface area contributed by atoms with Crippen LogP contribution >= 0.6 is 0 Å². The normalized spacial score (nSPS) is 21.6. The average Bonchev–Trinajstić information content (AvgIpc) is 2.49. The van der Waals surface area contributed by atoms with Gasteiger partial charge in [0.05, 0.1) is 12.6 Å². The molecule has 2 heterocycles. The lowest BCUT2D eigenvalue weighted by Gasteiger charge is -2.38. The van der Waals surface area contributed by atoms with Crippen molar-refractivity contribution in [3.63, 3.8) is 0 Å². The van der Waals surface area contributed by atoms with Crippen molar-refractivity contribution < 1.29 is 4.84 Å². The van der Waals surface area contributed by atoms with E-state index in [0.29, 0.717) is 6.61 Å². The molecule has 1 saturated heterocycles. The Hall–Kier alpha value is -1.23. The number of allylic oxidation sites excluding steroid dienone is 1. The van der Waals surface area contributed by atoms with Gasteiger partial charge in [-0.1, -0.05) is 31.6 Å². The zero-order valence-electron chi connectivity index (χ0n) is 12.5. The number of hydroxylamine groups is 2. The molecule has 4 nitrogen and oxygen atoms in total. The van der Waals surface area contributed by atoms with Crippen LogP contribution in [0.1, 0.15) is 31.4 Å². The Labute approximate surface area is 122 Å². The summed E-state index contributed by atoms with van der Waals surface area (Å²) < 4.78 is 0. The summed E-state index contributed by atoms with van der Waals surface area (Å²) in [5.74, 6) is 0. The van der Waals surface area contributed by atoms with Crippen LogP contribution in [-0.2, 0) is 4.84 Å². The van der Waals surface area contributed by atoms with E-state index in [1.165, 1.54) is 12.0 Å². The molecule has 0 unspecified atom stereocenters. The Morgan fingerprint density at radius 2 is 2.30 bits per heavy atom. The fraction of sp³-hybridized carbons (Fsp3) is 0.562. The zero-order valence-corrected chi connectivity index (χ0v) is 12.5. The number of aromatic nitrogens is 1. The first kappa shape index (κ1) is 15.2. The molecule has 0 spiro atoms. The molecule has 110 valence electrons. The fourth-order valence-corrected chi connectivity index (χ4v) is 2.39. The van der Waals surface area contributed by atoms with E-state index in [1.807, 2.05) is 18.5 Å². The summed E-state index contributed by atoms with van der Waals surface area (Å²) >= 11 is 0. The van der Waals surface area contributed by atoms with Crippen molar-refractivity contribution >= 4 is 0 Å². The maximum Gasteiger partial charge on any atom is 0.0866 e. The van der Waals surface area contributed by atoms with E-state index in [4.69, 9.17) is 4.84 Å². The largest absolute Gasteiger partial charge is 0.303 e. The Morgan fingerprint density at radius 3 is 3.05 bits per heavy atom. The first-order valence-electron chi connectivity index (χ1n) is 7.44. The van der Waals surface area contributed by atoms with Crippen molar-refractivity contribution in [1.82, 2.24) is 14.9 Å². The molecule has 2 rings (SSSR count). The molecule has 4 heteroatoms. The minimum absolute atomic E-state index is 0.266. The second kappa shape index (κ2) is 8.15. The summed E-state index contributed by atoms with van der Waals surface area (Å²) in [6.07, 6.45) is 10.4. The third-order valence-corrected chi connectivity index (χ3v) is 3.56. The molecule has 0 aromatic carbocycles. The van der Waals surface area contributed by atoms with Crippen molar-refractivity contribution in [2.45, 2.75) is 25.8 Å². The van der Waals surface area contributed by atoms with Crippen LogP contribution < -0.4 is 0 Å². The summed E-state index contributed by atoms with van der Waals surface area (Å²) in [5, 5.41) is 2.10. The maximum absolute atomic E-state index is 5.94. The summed E-state index contributed by atoms with van der Waals surface area (Å²) in [4.78, 5) is 12.5. The second-order valence-corrected chi connectivity index (χ2v) is 5.26.